The van der Waals surface area contributed by atoms with Gasteiger partial charge in [0.15, 0.2) is 6.10 Å². The normalized spacial score (nSPS) is 14.1. The van der Waals surface area contributed by atoms with Gasteiger partial charge < -0.3 is 39.0 Å². The van der Waals surface area contributed by atoms with Gasteiger partial charge in [0.1, 0.15) is 25.2 Å². The number of ether oxygens (including phenoxy) is 2. The predicted octanol–water partition coefficient (Wildman–Crippen LogP) is -0.411. The Hall–Kier alpha value is -0.520. The zero-order chi connectivity index (χ0) is 28.7. The number of aliphatic carboxylic acids is 1. The van der Waals surface area contributed by atoms with E-state index >= 15 is 0 Å². The third kappa shape index (κ3) is 26.1. The molecule has 0 fully saturated rings. The van der Waals surface area contributed by atoms with Gasteiger partial charge in [-0.25, -0.2) is 0 Å². The van der Waals surface area contributed by atoms with E-state index in [0.717, 1.165) is 44.9 Å². The Kier molecular flexibility index (Phi) is 27.5. The number of esters is 2. The van der Waals surface area contributed by atoms with Crippen molar-refractivity contribution in [1.29, 1.82) is 0 Å². The predicted molar refractivity (Wildman–Crippen MR) is 137 cm³/mol. The molecule has 0 aromatic rings. The van der Waals surface area contributed by atoms with Gasteiger partial charge in [0.25, 0.3) is 7.82 Å². The quantitative estimate of drug-likeness (QED) is 0.0603. The number of carbonyl (C=O) groups excluding carboxylic acids is 3. The average Bonchev–Trinajstić information content (AvgIpc) is 2.87. The van der Waals surface area contributed by atoms with Crippen LogP contribution in [0.15, 0.2) is 0 Å². The molecular formula is C26H49NNaO10P. The topological polar surface area (TPSA) is 179 Å². The van der Waals surface area contributed by atoms with Crippen LogP contribution in [0.1, 0.15) is 117 Å². The summed E-state index contributed by atoms with van der Waals surface area (Å²) < 4.78 is 31.7. The van der Waals surface area contributed by atoms with Crippen LogP contribution in [-0.4, -0.2) is 49.9 Å². The summed E-state index contributed by atoms with van der Waals surface area (Å²) in [6.07, 6.45) is 13.7. The average molecular weight is 590 g/mol. The fourth-order valence-corrected chi connectivity index (χ4v) is 4.32. The van der Waals surface area contributed by atoms with Gasteiger partial charge >= 0.3 is 41.5 Å². The van der Waals surface area contributed by atoms with Gasteiger partial charge in [0.05, 0.1) is 6.61 Å². The summed E-state index contributed by atoms with van der Waals surface area (Å²) in [5, 5.41) is 10.7. The standard InChI is InChI=1S/C26H50NO10P.Na/c1-3-5-7-9-11-13-15-17-24(28)34-19-22(20-35-38(32,33)36-21-23(27)26(30)31)37-25(29)18-16-14-12-10-8-6-4-2;/h22-23H,3-21,27H2,1-2H3,(H,30,31)(H,32,33);/q;+1/p-1/t22-,23+;/m1./s1. The van der Waals surface area contributed by atoms with Crippen LogP contribution < -0.4 is 45.3 Å². The number of carbonyl (C=O) groups is 3. The Bertz CT molecular complexity index is 698. The molecule has 0 radical (unpaired) electrons. The second kappa shape index (κ2) is 26.4. The summed E-state index contributed by atoms with van der Waals surface area (Å²) >= 11 is 0. The summed E-state index contributed by atoms with van der Waals surface area (Å²) in [7, 11) is -4.92. The van der Waals surface area contributed by atoms with E-state index in [-0.39, 0.29) is 49.0 Å². The molecule has 13 heteroatoms. The van der Waals surface area contributed by atoms with Crippen molar-refractivity contribution in [3.05, 3.63) is 0 Å². The van der Waals surface area contributed by atoms with Gasteiger partial charge in [-0.2, -0.15) is 0 Å². The molecule has 0 aliphatic carbocycles. The molecule has 3 atom stereocenters. The van der Waals surface area contributed by atoms with Crippen LogP contribution in [0.5, 0.6) is 0 Å². The number of carboxylic acid groups (broad SMARTS) is 1. The first-order valence-electron chi connectivity index (χ1n) is 14.1. The minimum atomic E-state index is -4.92. The van der Waals surface area contributed by atoms with Crippen LogP contribution >= 0.6 is 7.82 Å². The van der Waals surface area contributed by atoms with E-state index in [9.17, 15) is 28.9 Å². The molecule has 0 amide bonds. The first-order chi connectivity index (χ1) is 18.1. The first kappa shape index (κ1) is 40.6. The second-order valence-corrected chi connectivity index (χ2v) is 11.0. The molecule has 0 aliphatic rings. The Morgan fingerprint density at radius 3 is 1.64 bits per heavy atom. The summed E-state index contributed by atoms with van der Waals surface area (Å²) in [5.41, 5.74) is 3.20. The van der Waals surface area contributed by atoms with Gasteiger partial charge in [0.2, 0.25) is 0 Å². The zero-order valence-electron chi connectivity index (χ0n) is 24.3. The molecule has 3 N–H and O–H groups in total. The van der Waals surface area contributed by atoms with Crippen LogP contribution in [0.2, 0.25) is 0 Å². The molecule has 0 aromatic heterocycles. The second-order valence-electron chi connectivity index (χ2n) is 9.59. The van der Waals surface area contributed by atoms with Gasteiger partial charge in [0, 0.05) is 12.8 Å². The molecule has 0 aliphatic heterocycles. The number of rotatable bonds is 26. The molecular weight excluding hydrogens is 540 g/mol. The van der Waals surface area contributed by atoms with Crippen LogP contribution in [0.25, 0.3) is 0 Å². The molecule has 11 nitrogen and oxygen atoms in total. The first-order valence-corrected chi connectivity index (χ1v) is 15.6. The van der Waals surface area contributed by atoms with Crippen LogP contribution in [0.3, 0.4) is 0 Å². The maximum Gasteiger partial charge on any atom is 1.00 e. The molecule has 0 saturated heterocycles. The molecule has 0 aromatic carbocycles. The SMILES string of the molecule is CCCCCCCCCC(=O)OC[C@H](COP(=O)([O-])OC[C@H]([NH3+])C(=O)[O-])OC(=O)CCCCCCCCC.[Na+]. The Balaban J connectivity index is 0. The van der Waals surface area contributed by atoms with E-state index in [0.29, 0.717) is 12.8 Å². The van der Waals surface area contributed by atoms with E-state index < -0.39 is 51.1 Å². The number of unbranched alkanes of at least 4 members (excludes halogenated alkanes) is 12. The molecule has 1 unspecified atom stereocenters. The van der Waals surface area contributed by atoms with Crippen molar-refractivity contribution in [3.63, 3.8) is 0 Å². The van der Waals surface area contributed by atoms with Crippen molar-refractivity contribution in [1.82, 2.24) is 0 Å². The summed E-state index contributed by atoms with van der Waals surface area (Å²) in [6.45, 7) is 2.53. The number of quaternary nitrogens is 1. The molecule has 0 rings (SSSR count). The van der Waals surface area contributed by atoms with Crippen molar-refractivity contribution in [2.24, 2.45) is 0 Å². The number of phosphoric acid groups is 1. The van der Waals surface area contributed by atoms with E-state index in [4.69, 9.17) is 14.0 Å². The van der Waals surface area contributed by atoms with Gasteiger partial charge in [-0.15, -0.1) is 0 Å². The third-order valence-electron chi connectivity index (χ3n) is 5.88. The molecule has 0 spiro atoms. The van der Waals surface area contributed by atoms with Crippen molar-refractivity contribution in [2.45, 2.75) is 129 Å². The Morgan fingerprint density at radius 1 is 0.718 bits per heavy atom. The minimum Gasteiger partial charge on any atom is -0.756 e. The third-order valence-corrected chi connectivity index (χ3v) is 6.81. The Labute approximate surface area is 256 Å². The zero-order valence-corrected chi connectivity index (χ0v) is 27.2. The summed E-state index contributed by atoms with van der Waals surface area (Å²) in [6, 6.07) is -1.41. The number of hydrogen-bond donors (Lipinski definition) is 1. The molecule has 39 heavy (non-hydrogen) atoms. The van der Waals surface area contributed by atoms with Crippen molar-refractivity contribution in [3.8, 4) is 0 Å². The maximum atomic E-state index is 12.3. The van der Waals surface area contributed by atoms with E-state index in [1.165, 1.54) is 32.1 Å². The monoisotopic (exact) mass is 589 g/mol. The van der Waals surface area contributed by atoms with Crippen LogP contribution in [0, 0.1) is 0 Å². The van der Waals surface area contributed by atoms with Crippen molar-refractivity contribution >= 4 is 25.7 Å². The minimum absolute atomic E-state index is 0. The fraction of sp³-hybridized carbons (Fsp3) is 0.885. The van der Waals surface area contributed by atoms with Crippen molar-refractivity contribution in [2.75, 3.05) is 19.8 Å². The summed E-state index contributed by atoms with van der Waals surface area (Å²) in [5.74, 6) is -2.59. The number of phosphoric ester groups is 1. The van der Waals surface area contributed by atoms with E-state index in [2.05, 4.69) is 24.1 Å². The van der Waals surface area contributed by atoms with Gasteiger partial charge in [-0.3, -0.25) is 14.2 Å². The molecule has 0 bridgehead atoms. The van der Waals surface area contributed by atoms with Crippen molar-refractivity contribution < 1.29 is 82.8 Å². The smallest absolute Gasteiger partial charge is 0.756 e. The molecule has 224 valence electrons. The maximum absolute atomic E-state index is 12.3. The van der Waals surface area contributed by atoms with Crippen LogP contribution in [0.4, 0.5) is 0 Å². The van der Waals surface area contributed by atoms with Gasteiger partial charge in [-0.05, 0) is 12.8 Å². The van der Waals surface area contributed by atoms with Gasteiger partial charge in [-0.1, -0.05) is 90.9 Å². The molecule has 0 saturated carbocycles. The number of carboxylic acids is 1. The fourth-order valence-electron chi connectivity index (χ4n) is 3.53. The number of hydrogen-bond acceptors (Lipinski definition) is 10. The Morgan fingerprint density at radius 2 is 1.15 bits per heavy atom. The largest absolute Gasteiger partial charge is 1.00 e. The van der Waals surface area contributed by atoms with Crippen LogP contribution in [-0.2, 0) is 37.5 Å². The van der Waals surface area contributed by atoms with E-state index in [1.807, 2.05) is 0 Å². The van der Waals surface area contributed by atoms with E-state index in [1.54, 1.807) is 0 Å². The molecule has 0 heterocycles. The summed E-state index contributed by atoms with van der Waals surface area (Å²) in [4.78, 5) is 47.1.